The van der Waals surface area contributed by atoms with E-state index in [0.717, 1.165) is 19.0 Å². The number of hydrogen-bond donors (Lipinski definition) is 2. The van der Waals surface area contributed by atoms with Crippen molar-refractivity contribution >= 4 is 40.0 Å². The molecule has 6 nitrogen and oxygen atoms in total. The van der Waals surface area contributed by atoms with E-state index in [1.807, 2.05) is 41.6 Å². The summed E-state index contributed by atoms with van der Waals surface area (Å²) in [5.74, 6) is -2.87. The van der Waals surface area contributed by atoms with Gasteiger partial charge in [-0.15, -0.1) is 5.10 Å². The van der Waals surface area contributed by atoms with Crippen LogP contribution < -0.4 is 10.6 Å². The molecule has 1 heterocycles. The van der Waals surface area contributed by atoms with Crippen molar-refractivity contribution in [2.75, 3.05) is 37.8 Å². The van der Waals surface area contributed by atoms with Crippen LogP contribution >= 0.6 is 22.6 Å². The second-order valence-corrected chi connectivity index (χ2v) is 7.77. The maximum Gasteiger partial charge on any atom is 0.315 e. The van der Waals surface area contributed by atoms with E-state index in [4.69, 9.17) is 4.42 Å². The van der Waals surface area contributed by atoms with Gasteiger partial charge in [-0.1, -0.05) is 5.10 Å². The van der Waals surface area contributed by atoms with Crippen molar-refractivity contribution < 1.29 is 17.6 Å². The number of rotatable bonds is 8. The van der Waals surface area contributed by atoms with Gasteiger partial charge in [0.15, 0.2) is 11.6 Å². The first kappa shape index (κ1) is 21.4. The SMILES string of the molecule is CN(C)CCCNc1nnc(-c2ccc(F)c(F)c2Nc2ccc(I)cc2F)o1. The van der Waals surface area contributed by atoms with Crippen LogP contribution in [0.1, 0.15) is 6.42 Å². The third kappa shape index (κ3) is 5.38. The maximum atomic E-state index is 14.5. The molecule has 3 aromatic rings. The molecule has 0 fully saturated rings. The van der Waals surface area contributed by atoms with Gasteiger partial charge in [-0.2, -0.15) is 0 Å². The van der Waals surface area contributed by atoms with Gasteiger partial charge in [0.25, 0.3) is 5.89 Å². The monoisotopic (exact) mass is 517 g/mol. The summed E-state index contributed by atoms with van der Waals surface area (Å²) < 4.78 is 48.7. The van der Waals surface area contributed by atoms with Crippen LogP contribution in [0, 0.1) is 21.0 Å². The first-order valence-electron chi connectivity index (χ1n) is 8.77. The van der Waals surface area contributed by atoms with Crippen LogP contribution in [0.4, 0.5) is 30.6 Å². The van der Waals surface area contributed by atoms with E-state index < -0.39 is 17.5 Å². The van der Waals surface area contributed by atoms with Gasteiger partial charge in [-0.25, -0.2) is 13.2 Å². The molecular weight excluding hydrogens is 498 g/mol. The molecule has 154 valence electrons. The average molecular weight is 517 g/mol. The molecule has 1 aromatic heterocycles. The van der Waals surface area contributed by atoms with Crippen LogP contribution in [0.25, 0.3) is 11.5 Å². The van der Waals surface area contributed by atoms with Gasteiger partial charge < -0.3 is 20.0 Å². The fraction of sp³-hybridized carbons (Fsp3) is 0.263. The number of nitrogens with one attached hydrogen (secondary N) is 2. The molecule has 2 aromatic carbocycles. The van der Waals surface area contributed by atoms with Gasteiger partial charge in [-0.05, 0) is 80.0 Å². The van der Waals surface area contributed by atoms with Crippen molar-refractivity contribution in [1.82, 2.24) is 15.1 Å². The van der Waals surface area contributed by atoms with E-state index in [2.05, 4.69) is 20.8 Å². The molecule has 0 aliphatic carbocycles. The molecule has 0 saturated carbocycles. The van der Waals surface area contributed by atoms with Gasteiger partial charge in [0.1, 0.15) is 5.82 Å². The Labute approximate surface area is 179 Å². The summed E-state index contributed by atoms with van der Waals surface area (Å²) in [6.45, 7) is 1.49. The normalized spacial score (nSPS) is 11.1. The average Bonchev–Trinajstić information content (AvgIpc) is 3.13. The van der Waals surface area contributed by atoms with Crippen LogP contribution in [0.3, 0.4) is 0 Å². The lowest BCUT2D eigenvalue weighted by molar-refractivity contribution is 0.404. The Morgan fingerprint density at radius 1 is 1.07 bits per heavy atom. The summed E-state index contributed by atoms with van der Waals surface area (Å²) in [6, 6.07) is 6.78. The van der Waals surface area contributed by atoms with E-state index in [0.29, 0.717) is 10.1 Å². The minimum atomic E-state index is -1.17. The highest BCUT2D eigenvalue weighted by atomic mass is 127. The lowest BCUT2D eigenvalue weighted by atomic mass is 10.1. The van der Waals surface area contributed by atoms with Crippen molar-refractivity contribution in [1.29, 1.82) is 0 Å². The highest BCUT2D eigenvalue weighted by Crippen LogP contribution is 2.34. The number of aromatic nitrogens is 2. The van der Waals surface area contributed by atoms with Crippen LogP contribution in [0.15, 0.2) is 34.7 Å². The van der Waals surface area contributed by atoms with Gasteiger partial charge in [0.05, 0.1) is 16.9 Å². The Balaban J connectivity index is 1.85. The maximum absolute atomic E-state index is 14.5. The number of nitrogens with zero attached hydrogens (tertiary/aromatic N) is 3. The zero-order valence-electron chi connectivity index (χ0n) is 15.8. The quantitative estimate of drug-likeness (QED) is 0.329. The highest BCUT2D eigenvalue weighted by Gasteiger charge is 2.20. The van der Waals surface area contributed by atoms with Crippen LogP contribution in [-0.4, -0.2) is 42.3 Å². The molecule has 0 amide bonds. The first-order chi connectivity index (χ1) is 13.8. The number of halogens is 4. The van der Waals surface area contributed by atoms with Gasteiger partial charge >= 0.3 is 6.01 Å². The molecule has 0 radical (unpaired) electrons. The topological polar surface area (TPSA) is 66.2 Å². The van der Waals surface area contributed by atoms with E-state index in [1.54, 1.807) is 6.07 Å². The fourth-order valence-corrected chi connectivity index (χ4v) is 3.02. The number of hydrogen-bond acceptors (Lipinski definition) is 6. The molecule has 0 aliphatic heterocycles. The molecule has 0 aliphatic rings. The summed E-state index contributed by atoms with van der Waals surface area (Å²) in [5, 5.41) is 13.4. The fourth-order valence-electron chi connectivity index (χ4n) is 2.57. The molecule has 0 bridgehead atoms. The minimum absolute atomic E-state index is 0.00212. The van der Waals surface area contributed by atoms with E-state index in [-0.39, 0.29) is 28.8 Å². The summed E-state index contributed by atoms with van der Waals surface area (Å²) in [6.07, 6.45) is 0.856. The largest absolute Gasteiger partial charge is 0.403 e. The highest BCUT2D eigenvalue weighted by molar-refractivity contribution is 14.1. The minimum Gasteiger partial charge on any atom is -0.403 e. The third-order valence-electron chi connectivity index (χ3n) is 4.00. The second-order valence-electron chi connectivity index (χ2n) is 6.53. The van der Waals surface area contributed by atoms with Crippen molar-refractivity contribution in [2.24, 2.45) is 0 Å². The first-order valence-corrected chi connectivity index (χ1v) is 9.85. The summed E-state index contributed by atoms with van der Waals surface area (Å²) in [5.41, 5.74) is -0.165. The Bertz CT molecular complexity index is 996. The predicted molar refractivity (Wildman–Crippen MR) is 114 cm³/mol. The zero-order chi connectivity index (χ0) is 21.0. The Hall–Kier alpha value is -2.34. The van der Waals surface area contributed by atoms with E-state index in [9.17, 15) is 13.2 Å². The van der Waals surface area contributed by atoms with Crippen LogP contribution in [0.2, 0.25) is 0 Å². The zero-order valence-corrected chi connectivity index (χ0v) is 17.9. The third-order valence-corrected chi connectivity index (χ3v) is 4.67. The standard InChI is InChI=1S/C19H19F3IN5O/c1-28(2)9-3-8-24-19-27-26-18(29-19)12-5-6-13(20)16(22)17(12)25-15-7-4-11(23)10-14(15)21/h4-7,10,25H,3,8-9H2,1-2H3,(H,24,27). The Morgan fingerprint density at radius 2 is 1.86 bits per heavy atom. The molecule has 3 rings (SSSR count). The van der Waals surface area contributed by atoms with Gasteiger partial charge in [0.2, 0.25) is 0 Å². The molecule has 2 N–H and O–H groups in total. The second kappa shape index (κ2) is 9.44. The predicted octanol–water partition coefficient (Wildman–Crippen LogP) is 4.87. The molecule has 10 heteroatoms. The molecule has 0 atom stereocenters. The Morgan fingerprint density at radius 3 is 2.59 bits per heavy atom. The van der Waals surface area contributed by atoms with Crippen LogP contribution in [-0.2, 0) is 0 Å². The molecule has 0 unspecified atom stereocenters. The van der Waals surface area contributed by atoms with Crippen molar-refractivity contribution in [3.8, 4) is 11.5 Å². The Kier molecular flexibility index (Phi) is 6.96. The smallest absolute Gasteiger partial charge is 0.315 e. The van der Waals surface area contributed by atoms with Crippen molar-refractivity contribution in [3.63, 3.8) is 0 Å². The number of anilines is 3. The van der Waals surface area contributed by atoms with Gasteiger partial charge in [-0.3, -0.25) is 0 Å². The van der Waals surface area contributed by atoms with E-state index in [1.165, 1.54) is 18.2 Å². The summed E-state index contributed by atoms with van der Waals surface area (Å²) >= 11 is 1.96. The molecule has 29 heavy (non-hydrogen) atoms. The molecular formula is C19H19F3IN5O. The lowest BCUT2D eigenvalue weighted by Gasteiger charge is -2.12. The summed E-state index contributed by atoms with van der Waals surface area (Å²) in [4.78, 5) is 2.05. The van der Waals surface area contributed by atoms with Gasteiger partial charge in [0, 0.05) is 10.1 Å². The lowest BCUT2D eigenvalue weighted by Crippen LogP contribution is -2.16. The number of benzene rings is 2. The molecule has 0 saturated heterocycles. The summed E-state index contributed by atoms with van der Waals surface area (Å²) in [7, 11) is 3.94. The van der Waals surface area contributed by atoms with Crippen molar-refractivity contribution in [3.05, 3.63) is 51.4 Å². The van der Waals surface area contributed by atoms with E-state index >= 15 is 0 Å². The molecule has 0 spiro atoms. The van der Waals surface area contributed by atoms with Crippen LogP contribution in [0.5, 0.6) is 0 Å². The van der Waals surface area contributed by atoms with Crippen molar-refractivity contribution in [2.45, 2.75) is 6.42 Å².